The standard InChI is InChI=1S/C18H27FN2O3/c1-3-18(23,4-2)13-20-17(22)16(21-8-10-24-11-9-21)14-6-5-7-15(19)12-14/h5-7,12,16,23H,3-4,8-11,13H2,1-2H3,(H,20,22). The van der Waals surface area contributed by atoms with Crippen LogP contribution in [-0.2, 0) is 9.53 Å². The molecule has 0 aliphatic carbocycles. The lowest BCUT2D eigenvalue weighted by molar-refractivity contribution is -0.129. The van der Waals surface area contributed by atoms with Gasteiger partial charge in [-0.15, -0.1) is 0 Å². The first kappa shape index (κ1) is 18.8. The van der Waals surface area contributed by atoms with Crippen molar-refractivity contribution < 1.29 is 19.0 Å². The quantitative estimate of drug-likeness (QED) is 0.797. The van der Waals surface area contributed by atoms with Gasteiger partial charge in [-0.2, -0.15) is 0 Å². The zero-order valence-corrected chi connectivity index (χ0v) is 14.4. The van der Waals surface area contributed by atoms with Crippen molar-refractivity contribution in [3.8, 4) is 0 Å². The minimum atomic E-state index is -0.910. The summed E-state index contributed by atoms with van der Waals surface area (Å²) in [5.41, 5.74) is -0.293. The number of amides is 1. The van der Waals surface area contributed by atoms with E-state index < -0.39 is 11.6 Å². The molecule has 134 valence electrons. The van der Waals surface area contributed by atoms with Crippen molar-refractivity contribution in [1.82, 2.24) is 10.2 Å². The van der Waals surface area contributed by atoms with E-state index >= 15 is 0 Å². The van der Waals surface area contributed by atoms with Crippen LogP contribution in [0.1, 0.15) is 38.3 Å². The van der Waals surface area contributed by atoms with Gasteiger partial charge < -0.3 is 15.2 Å². The highest BCUT2D eigenvalue weighted by Gasteiger charge is 2.31. The number of rotatable bonds is 7. The SMILES string of the molecule is CCC(O)(CC)CNC(=O)C(c1cccc(F)c1)N1CCOCC1. The fourth-order valence-electron chi connectivity index (χ4n) is 2.89. The van der Waals surface area contributed by atoms with E-state index in [1.54, 1.807) is 12.1 Å². The number of hydrogen-bond acceptors (Lipinski definition) is 4. The Morgan fingerprint density at radius 3 is 2.62 bits per heavy atom. The summed E-state index contributed by atoms with van der Waals surface area (Å²) < 4.78 is 19.0. The molecule has 1 aliphatic heterocycles. The van der Waals surface area contributed by atoms with Crippen molar-refractivity contribution in [1.29, 1.82) is 0 Å². The summed E-state index contributed by atoms with van der Waals surface area (Å²) >= 11 is 0. The first-order valence-electron chi connectivity index (χ1n) is 8.56. The van der Waals surface area contributed by atoms with Crippen LogP contribution in [0.15, 0.2) is 24.3 Å². The molecule has 1 heterocycles. The summed E-state index contributed by atoms with van der Waals surface area (Å²) in [6.07, 6.45) is 1.12. The third-order valence-electron chi connectivity index (χ3n) is 4.73. The molecule has 1 amide bonds. The molecule has 2 rings (SSSR count). The number of carbonyl (C=O) groups excluding carboxylic acids is 1. The molecule has 1 aliphatic rings. The van der Waals surface area contributed by atoms with E-state index in [0.717, 1.165) is 0 Å². The summed E-state index contributed by atoms with van der Waals surface area (Å²) in [6, 6.07) is 5.55. The van der Waals surface area contributed by atoms with Gasteiger partial charge >= 0.3 is 0 Å². The Balaban J connectivity index is 2.17. The number of ether oxygens (including phenoxy) is 1. The summed E-state index contributed by atoms with van der Waals surface area (Å²) in [7, 11) is 0. The maximum absolute atomic E-state index is 13.6. The van der Waals surface area contributed by atoms with E-state index in [9.17, 15) is 14.3 Å². The molecule has 1 aromatic rings. The predicted octanol–water partition coefficient (Wildman–Crippen LogP) is 1.87. The van der Waals surface area contributed by atoms with Gasteiger partial charge in [0, 0.05) is 19.6 Å². The normalized spacial score (nSPS) is 17.5. The highest BCUT2D eigenvalue weighted by atomic mass is 19.1. The van der Waals surface area contributed by atoms with Gasteiger partial charge in [-0.25, -0.2) is 4.39 Å². The average Bonchev–Trinajstić information content (AvgIpc) is 2.61. The maximum atomic E-state index is 13.6. The van der Waals surface area contributed by atoms with Crippen LogP contribution < -0.4 is 5.32 Å². The van der Waals surface area contributed by atoms with Crippen LogP contribution in [0, 0.1) is 5.82 Å². The van der Waals surface area contributed by atoms with Gasteiger partial charge in [-0.3, -0.25) is 9.69 Å². The molecule has 1 saturated heterocycles. The highest BCUT2D eigenvalue weighted by molar-refractivity contribution is 5.83. The highest BCUT2D eigenvalue weighted by Crippen LogP contribution is 2.23. The number of morpholine rings is 1. The molecule has 1 fully saturated rings. The van der Waals surface area contributed by atoms with Crippen molar-refractivity contribution in [3.63, 3.8) is 0 Å². The average molecular weight is 338 g/mol. The van der Waals surface area contributed by atoms with Crippen LogP contribution in [-0.4, -0.2) is 54.4 Å². The molecule has 0 spiro atoms. The number of nitrogens with zero attached hydrogens (tertiary/aromatic N) is 1. The summed E-state index contributed by atoms with van der Waals surface area (Å²) in [5.74, 6) is -0.583. The lowest BCUT2D eigenvalue weighted by Crippen LogP contribution is -2.49. The summed E-state index contributed by atoms with van der Waals surface area (Å²) in [4.78, 5) is 14.8. The number of carbonyl (C=O) groups is 1. The second kappa shape index (κ2) is 8.55. The van der Waals surface area contributed by atoms with Gasteiger partial charge in [-0.1, -0.05) is 26.0 Å². The summed E-state index contributed by atoms with van der Waals surface area (Å²) in [6.45, 7) is 6.29. The van der Waals surface area contributed by atoms with Crippen molar-refractivity contribution in [2.75, 3.05) is 32.8 Å². The third kappa shape index (κ3) is 4.75. The Kier molecular flexibility index (Phi) is 6.71. The topological polar surface area (TPSA) is 61.8 Å². The van der Waals surface area contributed by atoms with E-state index in [2.05, 4.69) is 5.32 Å². The molecule has 0 bridgehead atoms. The predicted molar refractivity (Wildman–Crippen MR) is 90.1 cm³/mol. The van der Waals surface area contributed by atoms with Crippen LogP contribution in [0.5, 0.6) is 0 Å². The molecule has 0 saturated carbocycles. The van der Waals surface area contributed by atoms with Gasteiger partial charge in [0.1, 0.15) is 11.9 Å². The zero-order chi connectivity index (χ0) is 17.6. The second-order valence-electron chi connectivity index (χ2n) is 6.26. The van der Waals surface area contributed by atoms with Crippen molar-refractivity contribution in [2.24, 2.45) is 0 Å². The number of hydrogen-bond donors (Lipinski definition) is 2. The molecule has 0 radical (unpaired) electrons. The van der Waals surface area contributed by atoms with Crippen LogP contribution in [0.3, 0.4) is 0 Å². The maximum Gasteiger partial charge on any atom is 0.242 e. The third-order valence-corrected chi connectivity index (χ3v) is 4.73. The zero-order valence-electron chi connectivity index (χ0n) is 14.4. The van der Waals surface area contributed by atoms with Crippen LogP contribution in [0.25, 0.3) is 0 Å². The smallest absolute Gasteiger partial charge is 0.242 e. The number of halogens is 1. The summed E-state index contributed by atoms with van der Waals surface area (Å²) in [5, 5.41) is 13.2. The van der Waals surface area contributed by atoms with Crippen molar-refractivity contribution in [3.05, 3.63) is 35.6 Å². The molecule has 1 atom stereocenters. The van der Waals surface area contributed by atoms with Gasteiger partial charge in [0.15, 0.2) is 0 Å². The van der Waals surface area contributed by atoms with E-state index in [1.165, 1.54) is 12.1 Å². The van der Waals surface area contributed by atoms with E-state index in [0.29, 0.717) is 44.7 Å². The Bertz CT molecular complexity index is 543. The number of nitrogens with one attached hydrogen (secondary N) is 1. The minimum Gasteiger partial charge on any atom is -0.388 e. The van der Waals surface area contributed by atoms with Crippen LogP contribution in [0.4, 0.5) is 4.39 Å². The fraction of sp³-hybridized carbons (Fsp3) is 0.611. The molecule has 0 aromatic heterocycles. The van der Waals surface area contributed by atoms with Crippen molar-refractivity contribution >= 4 is 5.91 Å². The molecule has 1 unspecified atom stereocenters. The first-order chi connectivity index (χ1) is 11.5. The van der Waals surface area contributed by atoms with E-state index in [1.807, 2.05) is 18.7 Å². The second-order valence-corrected chi connectivity index (χ2v) is 6.26. The van der Waals surface area contributed by atoms with Gasteiger partial charge in [-0.05, 0) is 30.5 Å². The minimum absolute atomic E-state index is 0.189. The van der Waals surface area contributed by atoms with Crippen molar-refractivity contribution in [2.45, 2.75) is 38.3 Å². The first-order valence-corrected chi connectivity index (χ1v) is 8.56. The van der Waals surface area contributed by atoms with Gasteiger partial charge in [0.25, 0.3) is 0 Å². The molecule has 2 N–H and O–H groups in total. The largest absolute Gasteiger partial charge is 0.388 e. The van der Waals surface area contributed by atoms with Crippen LogP contribution in [0.2, 0.25) is 0 Å². The molecular weight excluding hydrogens is 311 g/mol. The number of aliphatic hydroxyl groups is 1. The molecule has 5 nitrogen and oxygen atoms in total. The Morgan fingerprint density at radius 1 is 1.38 bits per heavy atom. The molecule has 6 heteroatoms. The lowest BCUT2D eigenvalue weighted by atomic mass is 9.97. The van der Waals surface area contributed by atoms with E-state index in [4.69, 9.17) is 4.74 Å². The lowest BCUT2D eigenvalue weighted by Gasteiger charge is -2.35. The number of benzene rings is 1. The molecule has 24 heavy (non-hydrogen) atoms. The Morgan fingerprint density at radius 2 is 2.04 bits per heavy atom. The fourth-order valence-corrected chi connectivity index (χ4v) is 2.89. The van der Waals surface area contributed by atoms with Crippen LogP contribution >= 0.6 is 0 Å². The monoisotopic (exact) mass is 338 g/mol. The molecular formula is C18H27FN2O3. The Hall–Kier alpha value is -1.50. The van der Waals surface area contributed by atoms with Gasteiger partial charge in [0.2, 0.25) is 5.91 Å². The van der Waals surface area contributed by atoms with Gasteiger partial charge in [0.05, 0.1) is 18.8 Å². The van der Waals surface area contributed by atoms with E-state index in [-0.39, 0.29) is 18.3 Å². The molecule has 1 aromatic carbocycles. The Labute approximate surface area is 142 Å².